The number of nitrogens with zero attached hydrogens (tertiary/aromatic N) is 4. The lowest BCUT2D eigenvalue weighted by Gasteiger charge is -2.11. The van der Waals surface area contributed by atoms with Crippen molar-refractivity contribution in [1.29, 1.82) is 0 Å². The molecule has 2 N–H and O–H groups in total. The molecule has 0 saturated heterocycles. The molecule has 1 amide bonds. The fraction of sp³-hybridized carbons (Fsp3) is 0.125. The van der Waals surface area contributed by atoms with Gasteiger partial charge in [-0.2, -0.15) is 5.11 Å². The standard InChI is InChI=1S/C32H30N6O4S/c1-21-13-16-25(17-14-21)34-35-29-19-22(2)15-18-28(29)33-31(39)24-9-8-12-27(20-24)43(41,42)36-30-23(3)37(4)38(32(30)40)26-10-6-5-7-11-26/h5-20,36H,1-4H3,(H,33,39). The monoisotopic (exact) mass is 594 g/mol. The minimum atomic E-state index is -4.22. The summed E-state index contributed by atoms with van der Waals surface area (Å²) >= 11 is 0. The van der Waals surface area contributed by atoms with E-state index < -0.39 is 21.5 Å². The van der Waals surface area contributed by atoms with Crippen molar-refractivity contribution < 1.29 is 13.2 Å². The number of para-hydroxylation sites is 1. The third kappa shape index (κ3) is 6.31. The van der Waals surface area contributed by atoms with Gasteiger partial charge in [-0.3, -0.25) is 19.0 Å². The first-order valence-electron chi connectivity index (χ1n) is 13.4. The topological polar surface area (TPSA) is 127 Å². The van der Waals surface area contributed by atoms with Crippen LogP contribution in [0.25, 0.3) is 5.69 Å². The zero-order valence-corrected chi connectivity index (χ0v) is 24.9. The Balaban J connectivity index is 1.40. The molecule has 0 aliphatic heterocycles. The maximum Gasteiger partial charge on any atom is 0.296 e. The SMILES string of the molecule is Cc1ccc(N=Nc2cc(C)ccc2NC(=O)c2cccc(S(=O)(=O)Nc3c(C)n(C)n(-c4ccccc4)c3=O)c2)cc1. The highest BCUT2D eigenvalue weighted by Crippen LogP contribution is 2.29. The lowest BCUT2D eigenvalue weighted by Crippen LogP contribution is -2.23. The van der Waals surface area contributed by atoms with Gasteiger partial charge in [-0.05, 0) is 80.9 Å². The van der Waals surface area contributed by atoms with Crippen LogP contribution in [-0.4, -0.2) is 23.7 Å². The number of hydrogen-bond acceptors (Lipinski definition) is 6. The molecule has 1 aromatic heterocycles. The third-order valence-corrected chi connectivity index (χ3v) is 8.25. The Morgan fingerprint density at radius 1 is 0.791 bits per heavy atom. The van der Waals surface area contributed by atoms with Crippen LogP contribution in [-0.2, 0) is 17.1 Å². The predicted octanol–water partition coefficient (Wildman–Crippen LogP) is 6.57. The number of rotatable bonds is 8. The van der Waals surface area contributed by atoms with Gasteiger partial charge in [0.05, 0.1) is 27.7 Å². The Morgan fingerprint density at radius 2 is 1.49 bits per heavy atom. The van der Waals surface area contributed by atoms with Gasteiger partial charge in [-0.25, -0.2) is 13.1 Å². The largest absolute Gasteiger partial charge is 0.320 e. The fourth-order valence-corrected chi connectivity index (χ4v) is 5.59. The summed E-state index contributed by atoms with van der Waals surface area (Å²) < 4.78 is 32.2. The summed E-state index contributed by atoms with van der Waals surface area (Å²) in [5.41, 5.74) is 4.10. The summed E-state index contributed by atoms with van der Waals surface area (Å²) in [5.74, 6) is -0.532. The number of aryl methyl sites for hydroxylation is 2. The number of hydrogen-bond donors (Lipinski definition) is 2. The first-order valence-corrected chi connectivity index (χ1v) is 14.9. The van der Waals surface area contributed by atoms with Crippen molar-refractivity contribution in [2.24, 2.45) is 17.3 Å². The first kappa shape index (κ1) is 29.2. The highest BCUT2D eigenvalue weighted by Gasteiger charge is 2.23. The summed E-state index contributed by atoms with van der Waals surface area (Å²) in [6.07, 6.45) is 0. The van der Waals surface area contributed by atoms with E-state index in [1.54, 1.807) is 55.1 Å². The highest BCUT2D eigenvalue weighted by molar-refractivity contribution is 7.92. The Hall–Kier alpha value is -5.29. The average molecular weight is 595 g/mol. The first-order chi connectivity index (χ1) is 20.5. The number of carbonyl (C=O) groups excluding carboxylic acids is 1. The molecule has 4 aromatic carbocycles. The van der Waals surface area contributed by atoms with Gasteiger partial charge in [0.2, 0.25) is 0 Å². The van der Waals surface area contributed by atoms with Crippen molar-refractivity contribution in [3.05, 3.63) is 130 Å². The van der Waals surface area contributed by atoms with Gasteiger partial charge < -0.3 is 5.32 Å². The van der Waals surface area contributed by atoms with Crippen LogP contribution in [0.3, 0.4) is 0 Å². The molecule has 218 valence electrons. The molecular weight excluding hydrogens is 564 g/mol. The van der Waals surface area contributed by atoms with E-state index in [1.165, 1.54) is 28.9 Å². The van der Waals surface area contributed by atoms with Gasteiger partial charge in [0.15, 0.2) is 0 Å². The molecule has 5 rings (SSSR count). The molecule has 1 heterocycles. The van der Waals surface area contributed by atoms with E-state index in [1.807, 2.05) is 50.2 Å². The molecule has 0 bridgehead atoms. The lowest BCUT2D eigenvalue weighted by molar-refractivity contribution is 0.102. The summed E-state index contributed by atoms with van der Waals surface area (Å²) in [4.78, 5) is 26.3. The van der Waals surface area contributed by atoms with Crippen molar-refractivity contribution in [2.75, 3.05) is 10.0 Å². The molecular formula is C32H30N6O4S. The second-order valence-electron chi connectivity index (χ2n) is 10.1. The van der Waals surface area contributed by atoms with E-state index in [0.717, 1.165) is 11.1 Å². The number of carbonyl (C=O) groups is 1. The van der Waals surface area contributed by atoms with Crippen LogP contribution >= 0.6 is 0 Å². The van der Waals surface area contributed by atoms with Gasteiger partial charge in [-0.1, -0.05) is 48.0 Å². The Kier molecular flexibility index (Phi) is 8.09. The highest BCUT2D eigenvalue weighted by atomic mass is 32.2. The second-order valence-corrected chi connectivity index (χ2v) is 11.8. The van der Waals surface area contributed by atoms with E-state index in [-0.39, 0.29) is 16.1 Å². The van der Waals surface area contributed by atoms with Crippen LogP contribution in [0.4, 0.5) is 22.7 Å². The van der Waals surface area contributed by atoms with Crippen molar-refractivity contribution >= 4 is 38.7 Å². The van der Waals surface area contributed by atoms with Gasteiger partial charge >= 0.3 is 0 Å². The van der Waals surface area contributed by atoms with Crippen LogP contribution in [0.2, 0.25) is 0 Å². The molecule has 0 saturated carbocycles. The third-order valence-electron chi connectivity index (χ3n) is 6.91. The molecule has 11 heteroatoms. The zero-order chi connectivity index (χ0) is 30.7. The van der Waals surface area contributed by atoms with Crippen molar-refractivity contribution in [1.82, 2.24) is 9.36 Å². The molecule has 5 aromatic rings. The van der Waals surface area contributed by atoms with Crippen LogP contribution in [0.5, 0.6) is 0 Å². The molecule has 10 nitrogen and oxygen atoms in total. The van der Waals surface area contributed by atoms with E-state index in [2.05, 4.69) is 20.3 Å². The Labute approximate surface area is 249 Å². The molecule has 43 heavy (non-hydrogen) atoms. The maximum absolute atomic E-state index is 13.4. The van der Waals surface area contributed by atoms with Crippen LogP contribution < -0.4 is 15.6 Å². The van der Waals surface area contributed by atoms with Crippen LogP contribution in [0.1, 0.15) is 27.2 Å². The normalized spacial score (nSPS) is 11.5. The number of benzene rings is 4. The molecule has 0 aliphatic rings. The molecule has 0 aliphatic carbocycles. The van der Waals surface area contributed by atoms with Crippen LogP contribution in [0.15, 0.2) is 117 Å². The summed E-state index contributed by atoms with van der Waals surface area (Å²) in [6.45, 7) is 5.54. The predicted molar refractivity (Wildman–Crippen MR) is 167 cm³/mol. The van der Waals surface area contributed by atoms with Crippen LogP contribution in [0, 0.1) is 20.8 Å². The molecule has 0 radical (unpaired) electrons. The number of amides is 1. The molecule has 0 atom stereocenters. The number of aromatic nitrogens is 2. The lowest BCUT2D eigenvalue weighted by atomic mass is 10.1. The van der Waals surface area contributed by atoms with Gasteiger partial charge in [0.1, 0.15) is 11.4 Å². The number of nitrogens with one attached hydrogen (secondary N) is 2. The summed E-state index contributed by atoms with van der Waals surface area (Å²) in [6, 6.07) is 27.4. The number of azo groups is 1. The Bertz CT molecular complexity index is 2010. The van der Waals surface area contributed by atoms with Crippen molar-refractivity contribution in [2.45, 2.75) is 25.7 Å². The second kappa shape index (κ2) is 11.9. The quantitative estimate of drug-likeness (QED) is 0.197. The van der Waals surface area contributed by atoms with E-state index in [4.69, 9.17) is 0 Å². The zero-order valence-electron chi connectivity index (χ0n) is 24.1. The minimum Gasteiger partial charge on any atom is -0.320 e. The van der Waals surface area contributed by atoms with Crippen molar-refractivity contribution in [3.8, 4) is 5.69 Å². The van der Waals surface area contributed by atoms with Gasteiger partial charge in [-0.15, -0.1) is 5.11 Å². The van der Waals surface area contributed by atoms with Crippen molar-refractivity contribution in [3.63, 3.8) is 0 Å². The molecule has 0 spiro atoms. The average Bonchev–Trinajstić information content (AvgIpc) is 3.20. The van der Waals surface area contributed by atoms with E-state index >= 15 is 0 Å². The number of sulfonamides is 1. The molecule has 0 unspecified atom stereocenters. The van der Waals surface area contributed by atoms with Gasteiger partial charge in [0.25, 0.3) is 21.5 Å². The summed E-state index contributed by atoms with van der Waals surface area (Å²) in [5, 5.41) is 11.4. The minimum absolute atomic E-state index is 0.0792. The molecule has 0 fully saturated rings. The number of anilines is 2. The van der Waals surface area contributed by atoms with E-state index in [9.17, 15) is 18.0 Å². The maximum atomic E-state index is 13.4. The summed E-state index contributed by atoms with van der Waals surface area (Å²) in [7, 11) is -2.55. The van der Waals surface area contributed by atoms with Gasteiger partial charge in [0, 0.05) is 12.6 Å². The van der Waals surface area contributed by atoms with E-state index in [0.29, 0.717) is 28.4 Å². The smallest absolute Gasteiger partial charge is 0.296 e. The Morgan fingerprint density at radius 3 is 2.21 bits per heavy atom. The fourth-order valence-electron chi connectivity index (χ4n) is 4.43.